The van der Waals surface area contributed by atoms with Crippen molar-refractivity contribution in [3.8, 4) is 0 Å². The van der Waals surface area contributed by atoms with Gasteiger partial charge in [0, 0.05) is 6.20 Å². The highest BCUT2D eigenvalue weighted by molar-refractivity contribution is 5.01. The normalized spacial score (nSPS) is 16.9. The molecule has 2 aromatic heterocycles. The fourth-order valence-corrected chi connectivity index (χ4v) is 2.66. The van der Waals surface area contributed by atoms with E-state index in [2.05, 4.69) is 26.3 Å². The maximum atomic E-state index is 8.96. The van der Waals surface area contributed by atoms with Gasteiger partial charge in [-0.2, -0.15) is 5.10 Å². The summed E-state index contributed by atoms with van der Waals surface area (Å²) in [6, 6.07) is 2.60. The molecule has 0 unspecified atom stereocenters. The maximum Gasteiger partial charge on any atom is 0.108 e. The van der Waals surface area contributed by atoms with Crippen LogP contribution in [-0.2, 0) is 13.2 Å². The molecule has 6 heteroatoms. The van der Waals surface area contributed by atoms with Crippen molar-refractivity contribution < 1.29 is 5.11 Å². The van der Waals surface area contributed by atoms with Crippen molar-refractivity contribution in [1.29, 1.82) is 0 Å². The summed E-state index contributed by atoms with van der Waals surface area (Å²) in [4.78, 5) is 0. The fourth-order valence-electron chi connectivity index (χ4n) is 2.66. The Morgan fingerprint density at radius 1 is 1.21 bits per heavy atom. The van der Waals surface area contributed by atoms with Crippen LogP contribution in [0.25, 0.3) is 0 Å². The lowest BCUT2D eigenvalue weighted by atomic mass is 9.96. The van der Waals surface area contributed by atoms with Gasteiger partial charge in [0.25, 0.3) is 0 Å². The van der Waals surface area contributed by atoms with Gasteiger partial charge in [-0.05, 0) is 18.9 Å². The smallest absolute Gasteiger partial charge is 0.108 e. The monoisotopic (exact) mass is 261 g/mol. The predicted octanol–water partition coefficient (Wildman–Crippen LogP) is 1.52. The van der Waals surface area contributed by atoms with Crippen molar-refractivity contribution in [2.75, 3.05) is 0 Å². The van der Waals surface area contributed by atoms with Crippen LogP contribution in [0.4, 0.5) is 0 Å². The maximum absolute atomic E-state index is 8.96. The highest BCUT2D eigenvalue weighted by Gasteiger charge is 2.16. The minimum atomic E-state index is -0.0729. The van der Waals surface area contributed by atoms with E-state index in [1.807, 2.05) is 6.07 Å². The van der Waals surface area contributed by atoms with Gasteiger partial charge in [-0.1, -0.05) is 24.5 Å². The van der Waals surface area contributed by atoms with Gasteiger partial charge in [0.15, 0.2) is 0 Å². The fraction of sp³-hybridized carbons (Fsp3) is 0.615. The number of aliphatic hydroxyl groups is 1. The molecule has 0 atom stereocenters. The SMILES string of the molecule is OCc1cn(Cc2ccn(C3CCCCC3)n2)nn1. The molecule has 0 radical (unpaired) electrons. The van der Waals surface area contributed by atoms with Crippen molar-refractivity contribution in [2.45, 2.75) is 51.3 Å². The minimum Gasteiger partial charge on any atom is -0.390 e. The molecule has 0 aliphatic heterocycles. The molecule has 0 aromatic carbocycles. The molecule has 1 N–H and O–H groups in total. The molecule has 3 rings (SSSR count). The third-order valence-corrected chi connectivity index (χ3v) is 3.68. The van der Waals surface area contributed by atoms with Gasteiger partial charge in [-0.3, -0.25) is 4.68 Å². The van der Waals surface area contributed by atoms with Crippen molar-refractivity contribution >= 4 is 0 Å². The zero-order chi connectivity index (χ0) is 13.1. The van der Waals surface area contributed by atoms with Crippen LogP contribution in [0.15, 0.2) is 18.5 Å². The molecular weight excluding hydrogens is 242 g/mol. The summed E-state index contributed by atoms with van der Waals surface area (Å²) in [5.41, 5.74) is 1.58. The van der Waals surface area contributed by atoms with E-state index in [9.17, 15) is 0 Å². The summed E-state index contributed by atoms with van der Waals surface area (Å²) in [5.74, 6) is 0. The van der Waals surface area contributed by atoms with Crippen LogP contribution in [0.1, 0.15) is 49.5 Å². The largest absolute Gasteiger partial charge is 0.390 e. The topological polar surface area (TPSA) is 68.8 Å². The molecular formula is C13H19N5O. The number of nitrogens with zero attached hydrogens (tertiary/aromatic N) is 5. The zero-order valence-corrected chi connectivity index (χ0v) is 10.9. The average molecular weight is 261 g/mol. The lowest BCUT2D eigenvalue weighted by Gasteiger charge is -2.21. The van der Waals surface area contributed by atoms with Crippen LogP contribution < -0.4 is 0 Å². The number of hydrogen-bond acceptors (Lipinski definition) is 4. The van der Waals surface area contributed by atoms with Gasteiger partial charge in [-0.15, -0.1) is 5.10 Å². The molecule has 1 fully saturated rings. The quantitative estimate of drug-likeness (QED) is 0.906. The van der Waals surface area contributed by atoms with Crippen molar-refractivity contribution in [3.05, 3.63) is 29.8 Å². The van der Waals surface area contributed by atoms with E-state index >= 15 is 0 Å². The predicted molar refractivity (Wildman–Crippen MR) is 69.4 cm³/mol. The van der Waals surface area contributed by atoms with Gasteiger partial charge in [0.05, 0.1) is 31.1 Å². The van der Waals surface area contributed by atoms with Gasteiger partial charge in [0.1, 0.15) is 5.69 Å². The lowest BCUT2D eigenvalue weighted by molar-refractivity contribution is 0.276. The molecule has 0 bridgehead atoms. The van der Waals surface area contributed by atoms with Crippen LogP contribution >= 0.6 is 0 Å². The first-order chi connectivity index (χ1) is 9.35. The molecule has 2 heterocycles. The van der Waals surface area contributed by atoms with Gasteiger partial charge >= 0.3 is 0 Å². The van der Waals surface area contributed by atoms with E-state index in [1.54, 1.807) is 10.9 Å². The van der Waals surface area contributed by atoms with E-state index in [0.29, 0.717) is 18.3 Å². The van der Waals surface area contributed by atoms with E-state index in [0.717, 1.165) is 5.69 Å². The number of aromatic nitrogens is 5. The first kappa shape index (κ1) is 12.3. The lowest BCUT2D eigenvalue weighted by Crippen LogP contribution is -2.13. The summed E-state index contributed by atoms with van der Waals surface area (Å²) in [7, 11) is 0. The standard InChI is InChI=1S/C13H19N5O/c19-10-12-9-17(16-14-12)8-11-6-7-18(15-11)13-4-2-1-3-5-13/h6-7,9,13,19H,1-5,8,10H2. The minimum absolute atomic E-state index is 0.0729. The molecule has 1 aliphatic carbocycles. The summed E-state index contributed by atoms with van der Waals surface area (Å²) in [6.07, 6.45) is 10.3. The number of rotatable bonds is 4. The van der Waals surface area contributed by atoms with Crippen LogP contribution in [-0.4, -0.2) is 29.9 Å². The van der Waals surface area contributed by atoms with E-state index in [-0.39, 0.29) is 6.61 Å². The summed E-state index contributed by atoms with van der Waals surface area (Å²) in [5, 5.41) is 21.4. The molecule has 6 nitrogen and oxygen atoms in total. The molecule has 1 saturated carbocycles. The molecule has 19 heavy (non-hydrogen) atoms. The Labute approximate surface area is 112 Å². The molecule has 0 amide bonds. The first-order valence-electron chi connectivity index (χ1n) is 6.89. The van der Waals surface area contributed by atoms with Crippen LogP contribution in [0.3, 0.4) is 0 Å². The summed E-state index contributed by atoms with van der Waals surface area (Å²) >= 11 is 0. The number of hydrogen-bond donors (Lipinski definition) is 1. The van der Waals surface area contributed by atoms with Crippen molar-refractivity contribution in [2.24, 2.45) is 0 Å². The van der Waals surface area contributed by atoms with Crippen LogP contribution in [0.2, 0.25) is 0 Å². The molecule has 0 saturated heterocycles. The Hall–Kier alpha value is -1.69. The molecule has 102 valence electrons. The Morgan fingerprint density at radius 2 is 2.05 bits per heavy atom. The van der Waals surface area contributed by atoms with E-state index < -0.39 is 0 Å². The highest BCUT2D eigenvalue weighted by atomic mass is 16.3. The second-order valence-corrected chi connectivity index (χ2v) is 5.14. The van der Waals surface area contributed by atoms with Gasteiger partial charge < -0.3 is 5.11 Å². The third-order valence-electron chi connectivity index (χ3n) is 3.68. The Bertz CT molecular complexity index is 527. The number of aliphatic hydroxyl groups excluding tert-OH is 1. The second-order valence-electron chi connectivity index (χ2n) is 5.14. The second kappa shape index (κ2) is 5.52. The molecule has 2 aromatic rings. The van der Waals surface area contributed by atoms with Crippen LogP contribution in [0, 0.1) is 0 Å². The summed E-state index contributed by atoms with van der Waals surface area (Å²) in [6.45, 7) is 0.531. The molecule has 1 aliphatic rings. The summed E-state index contributed by atoms with van der Waals surface area (Å²) < 4.78 is 3.80. The van der Waals surface area contributed by atoms with Gasteiger partial charge in [0.2, 0.25) is 0 Å². The Morgan fingerprint density at radius 3 is 2.79 bits per heavy atom. The van der Waals surface area contributed by atoms with E-state index in [1.165, 1.54) is 32.1 Å². The van der Waals surface area contributed by atoms with E-state index in [4.69, 9.17) is 5.11 Å². The van der Waals surface area contributed by atoms with Crippen molar-refractivity contribution in [3.63, 3.8) is 0 Å². The zero-order valence-electron chi connectivity index (χ0n) is 10.9. The van der Waals surface area contributed by atoms with Crippen molar-refractivity contribution in [1.82, 2.24) is 24.8 Å². The highest BCUT2D eigenvalue weighted by Crippen LogP contribution is 2.27. The Kier molecular flexibility index (Phi) is 3.59. The Balaban J connectivity index is 1.67. The first-order valence-corrected chi connectivity index (χ1v) is 6.89. The third kappa shape index (κ3) is 2.84. The molecule has 0 spiro atoms. The van der Waals surface area contributed by atoms with Crippen LogP contribution in [0.5, 0.6) is 0 Å². The average Bonchev–Trinajstić information content (AvgIpc) is 3.09. The van der Waals surface area contributed by atoms with Gasteiger partial charge in [-0.25, -0.2) is 4.68 Å².